The summed E-state index contributed by atoms with van der Waals surface area (Å²) < 4.78 is 1.06. The lowest BCUT2D eigenvalue weighted by Crippen LogP contribution is -1.90. The van der Waals surface area contributed by atoms with Crippen molar-refractivity contribution in [3.8, 4) is 22.4 Å². The van der Waals surface area contributed by atoms with Gasteiger partial charge in [0.05, 0.1) is 5.69 Å². The minimum Gasteiger partial charge on any atom is -0.244 e. The molecule has 0 fully saturated rings. The fourth-order valence-corrected chi connectivity index (χ4v) is 2.26. The highest BCUT2D eigenvalue weighted by molar-refractivity contribution is 9.10. The highest BCUT2D eigenvalue weighted by Gasteiger charge is 2.08. The third-order valence-electron chi connectivity index (χ3n) is 2.91. The number of aromatic nitrogens is 2. The van der Waals surface area contributed by atoms with E-state index in [1.165, 1.54) is 0 Å². The third kappa shape index (κ3) is 2.56. The van der Waals surface area contributed by atoms with E-state index >= 15 is 0 Å². The van der Waals surface area contributed by atoms with Crippen LogP contribution in [0.1, 0.15) is 0 Å². The summed E-state index contributed by atoms with van der Waals surface area (Å²) in [5.41, 5.74) is 4.21. The summed E-state index contributed by atoms with van der Waals surface area (Å²) in [6.07, 6.45) is 3.45. The second kappa shape index (κ2) is 5.33. The average molecular weight is 311 g/mol. The fourth-order valence-electron chi connectivity index (χ4n) is 2.00. The highest BCUT2D eigenvalue weighted by atomic mass is 79.9. The SMILES string of the molecule is Brc1ccc(-c2ncncc2-c2ccccc2)cc1. The number of halogens is 1. The highest BCUT2D eigenvalue weighted by Crippen LogP contribution is 2.29. The first-order valence-corrected chi connectivity index (χ1v) is 6.75. The summed E-state index contributed by atoms with van der Waals surface area (Å²) in [7, 11) is 0. The molecule has 0 aliphatic carbocycles. The molecule has 19 heavy (non-hydrogen) atoms. The molecular formula is C16H11BrN2. The van der Waals surface area contributed by atoms with E-state index in [-0.39, 0.29) is 0 Å². The molecule has 0 saturated carbocycles. The van der Waals surface area contributed by atoms with Gasteiger partial charge in [0, 0.05) is 21.8 Å². The summed E-state index contributed by atoms with van der Waals surface area (Å²) in [4.78, 5) is 8.57. The van der Waals surface area contributed by atoms with Gasteiger partial charge in [0.1, 0.15) is 6.33 Å². The Balaban J connectivity index is 2.15. The van der Waals surface area contributed by atoms with Crippen molar-refractivity contribution in [3.63, 3.8) is 0 Å². The molecule has 2 nitrogen and oxygen atoms in total. The minimum atomic E-state index is 0.953. The molecule has 3 aromatic rings. The van der Waals surface area contributed by atoms with Crippen LogP contribution in [0.25, 0.3) is 22.4 Å². The molecule has 0 aliphatic heterocycles. The summed E-state index contributed by atoms with van der Waals surface area (Å²) in [6, 6.07) is 18.3. The maximum Gasteiger partial charge on any atom is 0.116 e. The molecule has 0 aliphatic rings. The van der Waals surface area contributed by atoms with Crippen LogP contribution in [0.3, 0.4) is 0 Å². The second-order valence-electron chi connectivity index (χ2n) is 4.16. The van der Waals surface area contributed by atoms with Gasteiger partial charge in [0.2, 0.25) is 0 Å². The van der Waals surface area contributed by atoms with E-state index in [4.69, 9.17) is 0 Å². The average Bonchev–Trinajstić information content (AvgIpc) is 2.49. The lowest BCUT2D eigenvalue weighted by atomic mass is 10.0. The summed E-state index contributed by atoms with van der Waals surface area (Å²) >= 11 is 3.45. The van der Waals surface area contributed by atoms with Gasteiger partial charge in [-0.25, -0.2) is 9.97 Å². The molecule has 0 unspecified atom stereocenters. The topological polar surface area (TPSA) is 25.8 Å². The second-order valence-corrected chi connectivity index (χ2v) is 5.07. The molecule has 3 heteroatoms. The van der Waals surface area contributed by atoms with Crippen molar-refractivity contribution in [3.05, 3.63) is 71.6 Å². The van der Waals surface area contributed by atoms with E-state index in [0.717, 1.165) is 26.9 Å². The number of hydrogen-bond acceptors (Lipinski definition) is 2. The van der Waals surface area contributed by atoms with Crippen LogP contribution in [0.15, 0.2) is 71.6 Å². The molecule has 0 saturated heterocycles. The standard InChI is InChI=1S/C16H11BrN2/c17-14-8-6-13(7-9-14)16-15(10-18-11-19-16)12-4-2-1-3-5-12/h1-11H. The van der Waals surface area contributed by atoms with Crippen LogP contribution >= 0.6 is 15.9 Å². The molecule has 0 spiro atoms. The Morgan fingerprint density at radius 2 is 1.53 bits per heavy atom. The summed E-state index contributed by atoms with van der Waals surface area (Å²) in [5, 5.41) is 0. The Hall–Kier alpha value is -2.00. The van der Waals surface area contributed by atoms with Crippen molar-refractivity contribution in [1.82, 2.24) is 9.97 Å². The van der Waals surface area contributed by atoms with Crippen molar-refractivity contribution < 1.29 is 0 Å². The predicted molar refractivity (Wildman–Crippen MR) is 80.6 cm³/mol. The van der Waals surface area contributed by atoms with Crippen LogP contribution in [0, 0.1) is 0 Å². The molecule has 1 heterocycles. The number of hydrogen-bond donors (Lipinski definition) is 0. The summed E-state index contributed by atoms with van der Waals surface area (Å²) in [5.74, 6) is 0. The van der Waals surface area contributed by atoms with Crippen LogP contribution in [0.2, 0.25) is 0 Å². The van der Waals surface area contributed by atoms with Gasteiger partial charge >= 0.3 is 0 Å². The van der Waals surface area contributed by atoms with Gasteiger partial charge in [-0.1, -0.05) is 58.4 Å². The van der Waals surface area contributed by atoms with Gasteiger partial charge in [-0.2, -0.15) is 0 Å². The monoisotopic (exact) mass is 310 g/mol. The van der Waals surface area contributed by atoms with E-state index in [0.29, 0.717) is 0 Å². The first kappa shape index (κ1) is 12.1. The van der Waals surface area contributed by atoms with Gasteiger partial charge < -0.3 is 0 Å². The molecule has 1 aromatic heterocycles. The number of rotatable bonds is 2. The smallest absolute Gasteiger partial charge is 0.116 e. The summed E-state index contributed by atoms with van der Waals surface area (Å²) in [6.45, 7) is 0. The van der Waals surface area contributed by atoms with Crippen LogP contribution < -0.4 is 0 Å². The van der Waals surface area contributed by atoms with Crippen molar-refractivity contribution in [2.45, 2.75) is 0 Å². The normalized spacial score (nSPS) is 10.4. The van der Waals surface area contributed by atoms with E-state index in [2.05, 4.69) is 50.2 Å². The number of benzene rings is 2. The van der Waals surface area contributed by atoms with Gasteiger partial charge in [-0.3, -0.25) is 0 Å². The molecule has 0 amide bonds. The Morgan fingerprint density at radius 3 is 2.26 bits per heavy atom. The lowest BCUT2D eigenvalue weighted by molar-refractivity contribution is 1.17. The van der Waals surface area contributed by atoms with Crippen molar-refractivity contribution >= 4 is 15.9 Å². The first-order chi connectivity index (χ1) is 9.34. The Morgan fingerprint density at radius 1 is 0.789 bits per heavy atom. The zero-order valence-corrected chi connectivity index (χ0v) is 11.7. The quantitative estimate of drug-likeness (QED) is 0.692. The fraction of sp³-hybridized carbons (Fsp3) is 0. The van der Waals surface area contributed by atoms with Crippen LogP contribution in [0.5, 0.6) is 0 Å². The maximum absolute atomic E-state index is 4.43. The van der Waals surface area contributed by atoms with Crippen molar-refractivity contribution in [2.24, 2.45) is 0 Å². The van der Waals surface area contributed by atoms with Crippen molar-refractivity contribution in [2.75, 3.05) is 0 Å². The Labute approximate surface area is 120 Å². The first-order valence-electron chi connectivity index (χ1n) is 5.96. The largest absolute Gasteiger partial charge is 0.244 e. The molecule has 0 bridgehead atoms. The zero-order chi connectivity index (χ0) is 13.1. The Bertz CT molecular complexity index is 679. The zero-order valence-electron chi connectivity index (χ0n) is 10.1. The molecule has 0 radical (unpaired) electrons. The molecule has 0 N–H and O–H groups in total. The van der Waals surface area contributed by atoms with Gasteiger partial charge in [0.25, 0.3) is 0 Å². The van der Waals surface area contributed by atoms with E-state index in [1.807, 2.05) is 36.5 Å². The van der Waals surface area contributed by atoms with E-state index < -0.39 is 0 Å². The number of nitrogens with zero attached hydrogens (tertiary/aromatic N) is 2. The van der Waals surface area contributed by atoms with E-state index in [1.54, 1.807) is 6.33 Å². The van der Waals surface area contributed by atoms with Gasteiger partial charge in [-0.05, 0) is 17.7 Å². The molecule has 2 aromatic carbocycles. The van der Waals surface area contributed by atoms with E-state index in [9.17, 15) is 0 Å². The molecule has 92 valence electrons. The maximum atomic E-state index is 4.43. The van der Waals surface area contributed by atoms with Crippen LogP contribution in [0.4, 0.5) is 0 Å². The molecular weight excluding hydrogens is 300 g/mol. The van der Waals surface area contributed by atoms with Gasteiger partial charge in [0.15, 0.2) is 0 Å². The minimum absolute atomic E-state index is 0.953. The predicted octanol–water partition coefficient (Wildman–Crippen LogP) is 4.57. The molecule has 0 atom stereocenters. The van der Waals surface area contributed by atoms with Gasteiger partial charge in [-0.15, -0.1) is 0 Å². The lowest BCUT2D eigenvalue weighted by Gasteiger charge is -2.08. The molecule has 3 rings (SSSR count). The van der Waals surface area contributed by atoms with Crippen LogP contribution in [-0.4, -0.2) is 9.97 Å². The van der Waals surface area contributed by atoms with Crippen molar-refractivity contribution in [1.29, 1.82) is 0 Å². The Kier molecular flexibility index (Phi) is 3.38. The van der Waals surface area contributed by atoms with Crippen LogP contribution in [-0.2, 0) is 0 Å². The third-order valence-corrected chi connectivity index (χ3v) is 3.44.